The van der Waals surface area contributed by atoms with E-state index >= 15 is 0 Å². The van der Waals surface area contributed by atoms with Gasteiger partial charge in [-0.3, -0.25) is 4.79 Å². The third kappa shape index (κ3) is 7.23. The van der Waals surface area contributed by atoms with E-state index in [4.69, 9.17) is 5.11 Å². The smallest absolute Gasteiger partial charge is 0.326 e. The molecule has 2 N–H and O–H groups in total. The number of carboxylic acids is 1. The summed E-state index contributed by atoms with van der Waals surface area (Å²) in [5.41, 5.74) is 0. The number of carbonyl (C=O) groups excluding carboxylic acids is 1. The number of pyridine rings is 1. The van der Waals surface area contributed by atoms with Gasteiger partial charge >= 0.3 is 5.97 Å². The van der Waals surface area contributed by atoms with Gasteiger partial charge in [0.05, 0.1) is 0 Å². The molecule has 0 fully saturated rings. The quantitative estimate of drug-likeness (QED) is 0.428. The van der Waals surface area contributed by atoms with Crippen molar-refractivity contribution in [2.45, 2.75) is 45.2 Å². The Morgan fingerprint density at radius 3 is 2.40 bits per heavy atom. The molecule has 0 aliphatic rings. The Kier molecular flexibility index (Phi) is 9.63. The third-order valence-electron chi connectivity index (χ3n) is 2.89. The lowest BCUT2D eigenvalue weighted by atomic mass is 10.2. The molecule has 1 amide bonds. The molecule has 1 heterocycles. The predicted octanol–water partition coefficient (Wildman–Crippen LogP) is -1.87. The summed E-state index contributed by atoms with van der Waals surface area (Å²) in [5, 5.41) is 11.3. The van der Waals surface area contributed by atoms with Crippen molar-refractivity contribution in [2.24, 2.45) is 0 Å². The number of aliphatic carboxylic acids is 1. The van der Waals surface area contributed by atoms with Crippen LogP contribution in [-0.2, 0) is 16.1 Å². The van der Waals surface area contributed by atoms with Crippen molar-refractivity contribution < 1.29 is 36.2 Å². The number of nitrogens with zero attached hydrogens (tertiary/aromatic N) is 1. The first kappa shape index (κ1) is 18.6. The first-order valence-corrected chi connectivity index (χ1v) is 6.59. The molecule has 5 nitrogen and oxygen atoms in total. The summed E-state index contributed by atoms with van der Waals surface area (Å²) in [6, 6.07) is 5.12. The molecule has 0 aliphatic heterocycles. The maximum atomic E-state index is 11.5. The molecule has 1 rings (SSSR count). The summed E-state index contributed by atoms with van der Waals surface area (Å²) < 4.78 is 2.06. The summed E-state index contributed by atoms with van der Waals surface area (Å²) in [4.78, 5) is 22.3. The molecule has 20 heavy (non-hydrogen) atoms. The molecule has 1 atom stereocenters. The summed E-state index contributed by atoms with van der Waals surface area (Å²) in [6.07, 6.45) is 6.39. The van der Waals surface area contributed by atoms with Crippen LogP contribution in [0, 0.1) is 0 Å². The van der Waals surface area contributed by atoms with Gasteiger partial charge in [0.1, 0.15) is 12.6 Å². The number of unbranched alkanes of at least 4 members (excludes halogenated alkanes) is 1. The molecule has 112 valence electrons. The number of amides is 1. The molecule has 0 aromatic carbocycles. The van der Waals surface area contributed by atoms with Crippen LogP contribution in [0.4, 0.5) is 0 Å². The van der Waals surface area contributed by atoms with E-state index in [2.05, 4.69) is 9.88 Å². The van der Waals surface area contributed by atoms with Crippen LogP contribution in [0.3, 0.4) is 0 Å². The zero-order valence-corrected chi connectivity index (χ0v) is 13.2. The van der Waals surface area contributed by atoms with Crippen LogP contribution < -0.4 is 26.9 Å². The Morgan fingerprint density at radius 1 is 1.20 bits per heavy atom. The number of rotatable bonds is 8. The van der Waals surface area contributed by atoms with Crippen molar-refractivity contribution in [3.8, 4) is 0 Å². The standard InChI is InChI=1S/C14H20N2O3.BrH/c1-2-12(14(18)19)15-13(17)8-4-7-11-16-9-5-3-6-10-16;/h3,5-6,9-10,12H,2,4,7-8,11H2,1H3,(H-,15,17,18,19);1H. The van der Waals surface area contributed by atoms with Gasteiger partial charge in [-0.15, -0.1) is 0 Å². The van der Waals surface area contributed by atoms with Crippen LogP contribution >= 0.6 is 0 Å². The number of nitrogens with one attached hydrogen (secondary N) is 1. The number of aryl methyl sites for hydroxylation is 1. The Labute approximate surface area is 129 Å². The molecule has 1 unspecified atom stereocenters. The summed E-state index contributed by atoms with van der Waals surface area (Å²) >= 11 is 0. The van der Waals surface area contributed by atoms with Crippen LogP contribution in [0.2, 0.25) is 0 Å². The Balaban J connectivity index is 0.00000361. The van der Waals surface area contributed by atoms with Crippen LogP contribution in [0.1, 0.15) is 32.6 Å². The molecule has 0 saturated carbocycles. The van der Waals surface area contributed by atoms with E-state index in [0.29, 0.717) is 12.8 Å². The van der Waals surface area contributed by atoms with Gasteiger partial charge in [0.25, 0.3) is 0 Å². The highest BCUT2D eigenvalue weighted by Gasteiger charge is 2.16. The van der Waals surface area contributed by atoms with Crippen LogP contribution in [0.15, 0.2) is 30.6 Å². The lowest BCUT2D eigenvalue weighted by Crippen LogP contribution is -3.00. The van der Waals surface area contributed by atoms with Crippen molar-refractivity contribution in [2.75, 3.05) is 0 Å². The topological polar surface area (TPSA) is 70.3 Å². The minimum atomic E-state index is -0.976. The average Bonchev–Trinajstić information content (AvgIpc) is 2.42. The van der Waals surface area contributed by atoms with Gasteiger partial charge in [0, 0.05) is 25.0 Å². The van der Waals surface area contributed by atoms with E-state index < -0.39 is 12.0 Å². The lowest BCUT2D eigenvalue weighted by molar-refractivity contribution is -0.697. The van der Waals surface area contributed by atoms with Crippen molar-refractivity contribution >= 4 is 11.9 Å². The molecule has 0 aliphatic carbocycles. The maximum Gasteiger partial charge on any atom is 0.326 e. The molecule has 6 heteroatoms. The third-order valence-corrected chi connectivity index (χ3v) is 2.89. The zero-order valence-electron chi connectivity index (χ0n) is 11.6. The van der Waals surface area contributed by atoms with E-state index in [0.717, 1.165) is 19.4 Å². The van der Waals surface area contributed by atoms with E-state index in [1.807, 2.05) is 30.6 Å². The van der Waals surface area contributed by atoms with Crippen LogP contribution in [0.5, 0.6) is 0 Å². The zero-order chi connectivity index (χ0) is 14.1. The molecular formula is C14H21BrN2O3. The molecule has 0 radical (unpaired) electrons. The minimum Gasteiger partial charge on any atom is -1.00 e. The fourth-order valence-corrected chi connectivity index (χ4v) is 1.77. The largest absolute Gasteiger partial charge is 1.00 e. The molecule has 0 bridgehead atoms. The maximum absolute atomic E-state index is 11.5. The van der Waals surface area contributed by atoms with E-state index in [-0.39, 0.29) is 22.9 Å². The van der Waals surface area contributed by atoms with E-state index in [9.17, 15) is 9.59 Å². The number of aromatic nitrogens is 1. The number of halogens is 1. The van der Waals surface area contributed by atoms with Gasteiger partial charge in [0.2, 0.25) is 5.91 Å². The molecule has 1 aromatic heterocycles. The number of carboxylic acid groups (broad SMARTS) is 1. The summed E-state index contributed by atoms with van der Waals surface area (Å²) in [7, 11) is 0. The second kappa shape index (κ2) is 10.4. The number of hydrogen-bond acceptors (Lipinski definition) is 2. The Hall–Kier alpha value is -1.43. The normalized spacial score (nSPS) is 11.2. The Morgan fingerprint density at radius 2 is 1.85 bits per heavy atom. The lowest BCUT2D eigenvalue weighted by Gasteiger charge is -2.11. The number of carbonyl (C=O) groups is 2. The van der Waals surface area contributed by atoms with Crippen LogP contribution in [0.25, 0.3) is 0 Å². The predicted molar refractivity (Wildman–Crippen MR) is 70.3 cm³/mol. The monoisotopic (exact) mass is 344 g/mol. The minimum absolute atomic E-state index is 0. The average molecular weight is 345 g/mol. The van der Waals surface area contributed by atoms with Gasteiger partial charge in [-0.2, -0.15) is 0 Å². The van der Waals surface area contributed by atoms with Gasteiger partial charge < -0.3 is 27.4 Å². The molecule has 0 saturated heterocycles. The SMILES string of the molecule is CCC(NC(=O)CCCC[n+]1ccccc1)C(=O)O.[Br-]. The Bertz CT molecular complexity index is 412. The van der Waals surface area contributed by atoms with Crippen molar-refractivity contribution in [3.63, 3.8) is 0 Å². The molecule has 0 spiro atoms. The first-order chi connectivity index (χ1) is 9.13. The first-order valence-electron chi connectivity index (χ1n) is 6.59. The van der Waals surface area contributed by atoms with Gasteiger partial charge in [-0.05, 0) is 12.8 Å². The van der Waals surface area contributed by atoms with Crippen molar-refractivity contribution in [1.29, 1.82) is 0 Å². The summed E-state index contributed by atoms with van der Waals surface area (Å²) in [6.45, 7) is 2.61. The van der Waals surface area contributed by atoms with Crippen molar-refractivity contribution in [3.05, 3.63) is 30.6 Å². The number of hydrogen-bond donors (Lipinski definition) is 2. The van der Waals surface area contributed by atoms with E-state index in [1.165, 1.54) is 0 Å². The van der Waals surface area contributed by atoms with Gasteiger partial charge in [-0.1, -0.05) is 13.0 Å². The van der Waals surface area contributed by atoms with Crippen molar-refractivity contribution in [1.82, 2.24) is 5.32 Å². The fourth-order valence-electron chi connectivity index (χ4n) is 1.77. The van der Waals surface area contributed by atoms with E-state index in [1.54, 1.807) is 6.92 Å². The van der Waals surface area contributed by atoms with Gasteiger partial charge in [0.15, 0.2) is 12.4 Å². The second-order valence-corrected chi connectivity index (χ2v) is 4.44. The summed E-state index contributed by atoms with van der Waals surface area (Å²) in [5.74, 6) is -1.16. The molecular weight excluding hydrogens is 324 g/mol. The highest BCUT2D eigenvalue weighted by atomic mass is 79.9. The highest BCUT2D eigenvalue weighted by Crippen LogP contribution is 1.98. The van der Waals surface area contributed by atoms with Gasteiger partial charge in [-0.25, -0.2) is 9.36 Å². The molecule has 1 aromatic rings. The van der Waals surface area contributed by atoms with Crippen LogP contribution in [-0.4, -0.2) is 23.0 Å². The highest BCUT2D eigenvalue weighted by molar-refractivity contribution is 5.83. The fraction of sp³-hybridized carbons (Fsp3) is 0.500. The second-order valence-electron chi connectivity index (χ2n) is 4.44.